The lowest BCUT2D eigenvalue weighted by Gasteiger charge is -2.16. The van der Waals surface area contributed by atoms with Crippen molar-refractivity contribution in [1.82, 2.24) is 0 Å². The second-order valence-electron chi connectivity index (χ2n) is 3.96. The molecule has 1 aromatic rings. The Morgan fingerprint density at radius 1 is 1.13 bits per heavy atom. The maximum Gasteiger partial charge on any atom is 0.407 e. The molecule has 2 rings (SSSR count). The Kier molecular flexibility index (Phi) is 2.46. The summed E-state index contributed by atoms with van der Waals surface area (Å²) in [6.07, 6.45) is -2.07. The molecule has 0 bridgehead atoms. The van der Waals surface area contributed by atoms with Gasteiger partial charge in [0.2, 0.25) is 0 Å². The van der Waals surface area contributed by atoms with Crippen molar-refractivity contribution in [2.24, 2.45) is 5.73 Å². The monoisotopic (exact) mass is 215 g/mol. The number of alkyl halides is 3. The molecule has 4 heteroatoms. The third kappa shape index (κ3) is 2.31. The first-order valence-corrected chi connectivity index (χ1v) is 4.90. The molecule has 0 aliphatic heterocycles. The van der Waals surface area contributed by atoms with E-state index in [1.165, 1.54) is 12.1 Å². The molecule has 1 nitrogen and oxygen atoms in total. The Labute approximate surface area is 86.1 Å². The molecule has 2 N–H and O–H groups in total. The van der Waals surface area contributed by atoms with Gasteiger partial charge in [0, 0.05) is 0 Å². The van der Waals surface area contributed by atoms with E-state index in [1.807, 2.05) is 0 Å². The average Bonchev–Trinajstić information content (AvgIpc) is 2.99. The topological polar surface area (TPSA) is 26.0 Å². The third-order valence-corrected chi connectivity index (χ3v) is 2.70. The summed E-state index contributed by atoms with van der Waals surface area (Å²) < 4.78 is 36.8. The molecule has 0 heterocycles. The number of hydrogen-bond acceptors (Lipinski definition) is 1. The van der Waals surface area contributed by atoms with E-state index in [4.69, 9.17) is 5.73 Å². The van der Waals surface area contributed by atoms with Gasteiger partial charge in [-0.2, -0.15) is 13.2 Å². The van der Waals surface area contributed by atoms with Crippen LogP contribution in [0, 0.1) is 0 Å². The number of hydrogen-bond donors (Lipinski definition) is 1. The molecule has 1 aliphatic rings. The highest BCUT2D eigenvalue weighted by atomic mass is 19.4. The second kappa shape index (κ2) is 3.52. The molecule has 82 valence electrons. The fourth-order valence-corrected chi connectivity index (χ4v) is 1.58. The maximum absolute atomic E-state index is 12.3. The summed E-state index contributed by atoms with van der Waals surface area (Å²) in [5, 5.41) is 0. The van der Waals surface area contributed by atoms with Gasteiger partial charge in [-0.1, -0.05) is 24.3 Å². The van der Waals surface area contributed by atoms with Gasteiger partial charge in [0.25, 0.3) is 0 Å². The fourth-order valence-electron chi connectivity index (χ4n) is 1.58. The van der Waals surface area contributed by atoms with Crippen LogP contribution < -0.4 is 5.73 Å². The molecule has 1 aromatic carbocycles. The first kappa shape index (κ1) is 10.5. The highest BCUT2D eigenvalue weighted by Crippen LogP contribution is 2.40. The van der Waals surface area contributed by atoms with E-state index in [-0.39, 0.29) is 5.56 Å². The van der Waals surface area contributed by atoms with E-state index in [0.717, 1.165) is 18.4 Å². The van der Waals surface area contributed by atoms with Crippen molar-refractivity contribution in [2.75, 3.05) is 0 Å². The van der Waals surface area contributed by atoms with Crippen LogP contribution in [0.1, 0.15) is 35.9 Å². The van der Waals surface area contributed by atoms with Crippen LogP contribution in [0.3, 0.4) is 0 Å². The molecule has 0 amide bonds. The molecule has 1 aliphatic carbocycles. The highest BCUT2D eigenvalue weighted by Gasteiger charge is 2.37. The van der Waals surface area contributed by atoms with Crippen molar-refractivity contribution in [2.45, 2.75) is 31.0 Å². The lowest BCUT2D eigenvalue weighted by molar-refractivity contribution is -0.149. The van der Waals surface area contributed by atoms with Gasteiger partial charge in [-0.3, -0.25) is 0 Å². The molecular formula is C11H12F3N. The van der Waals surface area contributed by atoms with E-state index in [1.54, 1.807) is 12.1 Å². The lowest BCUT2D eigenvalue weighted by Crippen LogP contribution is -2.28. The minimum atomic E-state index is -4.36. The molecule has 15 heavy (non-hydrogen) atoms. The van der Waals surface area contributed by atoms with Crippen LogP contribution in [0.2, 0.25) is 0 Å². The Hall–Kier alpha value is -1.03. The van der Waals surface area contributed by atoms with E-state index < -0.39 is 12.2 Å². The van der Waals surface area contributed by atoms with Crippen LogP contribution in [0.15, 0.2) is 24.3 Å². The predicted octanol–water partition coefficient (Wildman–Crippen LogP) is 3.13. The van der Waals surface area contributed by atoms with Gasteiger partial charge in [-0.15, -0.1) is 0 Å². The largest absolute Gasteiger partial charge is 0.407 e. The standard InChI is InChI=1S/C11H12F3N/c12-11(13,14)10(15)9-5-3-8(4-6-9)7-1-2-7/h3-7,10H,1-2,15H2. The van der Waals surface area contributed by atoms with Crippen molar-refractivity contribution in [3.63, 3.8) is 0 Å². The first-order valence-electron chi connectivity index (χ1n) is 4.90. The van der Waals surface area contributed by atoms with Crippen LogP contribution >= 0.6 is 0 Å². The summed E-state index contributed by atoms with van der Waals surface area (Å²) in [4.78, 5) is 0. The zero-order valence-electron chi connectivity index (χ0n) is 8.09. The Morgan fingerprint density at radius 3 is 2.07 bits per heavy atom. The van der Waals surface area contributed by atoms with Crippen molar-refractivity contribution in [3.05, 3.63) is 35.4 Å². The second-order valence-corrected chi connectivity index (χ2v) is 3.96. The van der Waals surface area contributed by atoms with E-state index in [9.17, 15) is 13.2 Å². The summed E-state index contributed by atoms with van der Waals surface area (Å²) in [6.45, 7) is 0. The van der Waals surface area contributed by atoms with E-state index in [0.29, 0.717) is 5.92 Å². The summed E-state index contributed by atoms with van der Waals surface area (Å²) in [6, 6.07) is 4.58. The molecule has 0 saturated heterocycles. The van der Waals surface area contributed by atoms with Crippen LogP contribution in [0.25, 0.3) is 0 Å². The smallest absolute Gasteiger partial charge is 0.316 e. The van der Waals surface area contributed by atoms with Crippen LogP contribution in [-0.2, 0) is 0 Å². The number of benzene rings is 1. The number of rotatable bonds is 2. The zero-order chi connectivity index (χ0) is 11.1. The first-order chi connectivity index (χ1) is 6.98. The van der Waals surface area contributed by atoms with Crippen molar-refractivity contribution in [3.8, 4) is 0 Å². The molecule has 0 radical (unpaired) electrons. The molecule has 1 atom stereocenters. The van der Waals surface area contributed by atoms with Crippen molar-refractivity contribution >= 4 is 0 Å². The van der Waals surface area contributed by atoms with Gasteiger partial charge in [0.05, 0.1) is 0 Å². The summed E-state index contributed by atoms with van der Waals surface area (Å²) >= 11 is 0. The average molecular weight is 215 g/mol. The predicted molar refractivity (Wildman–Crippen MR) is 51.4 cm³/mol. The SMILES string of the molecule is NC(c1ccc(C2CC2)cc1)C(F)(F)F. The minimum Gasteiger partial charge on any atom is -0.316 e. The molecular weight excluding hydrogens is 203 g/mol. The quantitative estimate of drug-likeness (QED) is 0.805. The minimum absolute atomic E-state index is 0.131. The highest BCUT2D eigenvalue weighted by molar-refractivity contribution is 5.30. The molecule has 1 saturated carbocycles. The third-order valence-electron chi connectivity index (χ3n) is 2.70. The maximum atomic E-state index is 12.3. The van der Waals surface area contributed by atoms with Crippen molar-refractivity contribution in [1.29, 1.82) is 0 Å². The van der Waals surface area contributed by atoms with Crippen LogP contribution in [0.5, 0.6) is 0 Å². The summed E-state index contributed by atoms with van der Waals surface area (Å²) in [7, 11) is 0. The van der Waals surface area contributed by atoms with E-state index >= 15 is 0 Å². The van der Waals surface area contributed by atoms with Gasteiger partial charge in [0.1, 0.15) is 6.04 Å². The summed E-state index contributed by atoms with van der Waals surface area (Å²) in [5.41, 5.74) is 6.34. The summed E-state index contributed by atoms with van der Waals surface area (Å²) in [5.74, 6) is 0.557. The van der Waals surface area contributed by atoms with Crippen LogP contribution in [-0.4, -0.2) is 6.18 Å². The molecule has 1 fully saturated rings. The Balaban J connectivity index is 2.15. The zero-order valence-corrected chi connectivity index (χ0v) is 8.09. The van der Waals surface area contributed by atoms with Gasteiger partial charge in [0.15, 0.2) is 0 Å². The number of halogens is 3. The Bertz CT molecular complexity index is 338. The number of nitrogens with two attached hydrogens (primary N) is 1. The van der Waals surface area contributed by atoms with Gasteiger partial charge in [-0.05, 0) is 29.9 Å². The fraction of sp³-hybridized carbons (Fsp3) is 0.455. The van der Waals surface area contributed by atoms with Crippen LogP contribution in [0.4, 0.5) is 13.2 Å². The van der Waals surface area contributed by atoms with Crippen molar-refractivity contribution < 1.29 is 13.2 Å². The molecule has 0 aromatic heterocycles. The van der Waals surface area contributed by atoms with Gasteiger partial charge in [-0.25, -0.2) is 0 Å². The molecule has 0 spiro atoms. The Morgan fingerprint density at radius 2 is 1.67 bits per heavy atom. The van der Waals surface area contributed by atoms with Gasteiger partial charge >= 0.3 is 6.18 Å². The normalized spacial score (nSPS) is 18.9. The van der Waals surface area contributed by atoms with Gasteiger partial charge < -0.3 is 5.73 Å². The lowest BCUT2D eigenvalue weighted by atomic mass is 10.0. The van der Waals surface area contributed by atoms with E-state index in [2.05, 4.69) is 0 Å². The molecule has 1 unspecified atom stereocenters.